The molecule has 1 aromatic heterocycles. The van der Waals surface area contributed by atoms with Gasteiger partial charge in [0.15, 0.2) is 0 Å². The topological polar surface area (TPSA) is 33.1 Å². The van der Waals surface area contributed by atoms with Gasteiger partial charge in [-0.3, -0.25) is 4.68 Å². The van der Waals surface area contributed by atoms with E-state index in [9.17, 15) is 0 Å². The second kappa shape index (κ2) is 8.42. The van der Waals surface area contributed by atoms with Gasteiger partial charge in [-0.15, -0.1) is 0 Å². The first-order chi connectivity index (χ1) is 12.9. The highest BCUT2D eigenvalue weighted by Gasteiger charge is 2.23. The van der Waals surface area contributed by atoms with Gasteiger partial charge in [0.2, 0.25) is 0 Å². The van der Waals surface area contributed by atoms with Crippen molar-refractivity contribution in [2.75, 3.05) is 13.1 Å². The van der Waals surface area contributed by atoms with Gasteiger partial charge in [-0.2, -0.15) is 5.10 Å². The largest absolute Gasteiger partial charge is 0.366 e. The molecular formula is C22H32N4S. The van der Waals surface area contributed by atoms with Crippen LogP contribution in [0.5, 0.6) is 0 Å². The van der Waals surface area contributed by atoms with Crippen LogP contribution in [0.2, 0.25) is 0 Å². The van der Waals surface area contributed by atoms with E-state index in [1.54, 1.807) is 11.8 Å². The van der Waals surface area contributed by atoms with Gasteiger partial charge in [0, 0.05) is 37.6 Å². The molecule has 1 aliphatic heterocycles. The zero-order valence-electron chi connectivity index (χ0n) is 17.1. The summed E-state index contributed by atoms with van der Waals surface area (Å²) < 4.78 is 1.87. The first kappa shape index (κ1) is 19.9. The number of thioether (sulfide) groups is 1. The van der Waals surface area contributed by atoms with Crippen molar-refractivity contribution in [1.82, 2.24) is 20.0 Å². The Morgan fingerprint density at radius 3 is 2.74 bits per heavy atom. The molecule has 0 bridgehead atoms. The highest BCUT2D eigenvalue weighted by molar-refractivity contribution is 8.06. The molecule has 1 saturated heterocycles. The number of hydrogen-bond donors (Lipinski definition) is 1. The number of nitrogens with zero attached hydrogens (tertiary/aromatic N) is 3. The third-order valence-electron chi connectivity index (χ3n) is 5.62. The molecule has 1 fully saturated rings. The maximum absolute atomic E-state index is 4.35. The summed E-state index contributed by atoms with van der Waals surface area (Å²) in [6.07, 6.45) is 8.54. The molecule has 0 amide bonds. The summed E-state index contributed by atoms with van der Waals surface area (Å²) in [5.74, 6) is 0.753. The van der Waals surface area contributed by atoms with Crippen molar-refractivity contribution < 1.29 is 0 Å². The fourth-order valence-electron chi connectivity index (χ4n) is 4.01. The molecule has 0 aromatic carbocycles. The minimum atomic E-state index is 0.753. The van der Waals surface area contributed by atoms with Crippen LogP contribution in [-0.4, -0.2) is 27.8 Å². The summed E-state index contributed by atoms with van der Waals surface area (Å²) >= 11 is 1.66. The van der Waals surface area contributed by atoms with E-state index >= 15 is 0 Å². The Labute approximate surface area is 168 Å². The summed E-state index contributed by atoms with van der Waals surface area (Å²) in [5, 5.41) is 10.0. The van der Waals surface area contributed by atoms with Gasteiger partial charge in [-0.25, -0.2) is 0 Å². The fourth-order valence-corrected chi connectivity index (χ4v) is 4.74. The Morgan fingerprint density at radius 1 is 1.37 bits per heavy atom. The molecule has 5 heteroatoms. The molecular weight excluding hydrogens is 352 g/mol. The highest BCUT2D eigenvalue weighted by Crippen LogP contribution is 2.37. The van der Waals surface area contributed by atoms with Crippen LogP contribution in [0.1, 0.15) is 52.0 Å². The van der Waals surface area contributed by atoms with E-state index in [0.29, 0.717) is 0 Å². The predicted octanol–water partition coefficient (Wildman–Crippen LogP) is 5.26. The van der Waals surface area contributed by atoms with E-state index in [2.05, 4.69) is 55.4 Å². The minimum absolute atomic E-state index is 0.753. The Morgan fingerprint density at radius 2 is 2.15 bits per heavy atom. The van der Waals surface area contributed by atoms with Crippen molar-refractivity contribution in [2.24, 2.45) is 13.0 Å². The van der Waals surface area contributed by atoms with Gasteiger partial charge in [0.1, 0.15) is 0 Å². The quantitative estimate of drug-likeness (QED) is 0.695. The highest BCUT2D eigenvalue weighted by atomic mass is 32.2. The summed E-state index contributed by atoms with van der Waals surface area (Å²) in [6.45, 7) is 17.5. The number of aryl methyl sites for hydroxylation is 1. The maximum Gasteiger partial charge on any atom is 0.0714 e. The molecule has 1 N–H and O–H groups in total. The summed E-state index contributed by atoms with van der Waals surface area (Å²) in [4.78, 5) is 2.38. The zero-order valence-corrected chi connectivity index (χ0v) is 18.0. The van der Waals surface area contributed by atoms with E-state index in [4.69, 9.17) is 0 Å². The van der Waals surface area contributed by atoms with Crippen molar-refractivity contribution in [3.8, 4) is 0 Å². The van der Waals surface area contributed by atoms with Gasteiger partial charge in [0.05, 0.1) is 16.3 Å². The van der Waals surface area contributed by atoms with E-state index in [1.165, 1.54) is 34.4 Å². The van der Waals surface area contributed by atoms with E-state index in [0.717, 1.165) is 48.3 Å². The monoisotopic (exact) mass is 384 g/mol. The molecule has 0 saturated carbocycles. The molecule has 146 valence electrons. The summed E-state index contributed by atoms with van der Waals surface area (Å²) in [5.41, 5.74) is 6.63. The lowest BCUT2D eigenvalue weighted by molar-refractivity contribution is 0.439. The van der Waals surface area contributed by atoms with E-state index in [-0.39, 0.29) is 0 Å². The molecule has 4 nitrogen and oxygen atoms in total. The van der Waals surface area contributed by atoms with Crippen LogP contribution in [0, 0.1) is 5.92 Å². The van der Waals surface area contributed by atoms with E-state index in [1.807, 2.05) is 17.9 Å². The number of aromatic nitrogens is 2. The SMILES string of the molecule is C=C(NC1=C(CC)CCC(c2cnn(C)c2)=C1C)SC(=C)N1CC[C@@H](C)C1. The normalized spacial score (nSPS) is 20.4. The Bertz CT molecular complexity index is 799. The lowest BCUT2D eigenvalue weighted by Gasteiger charge is -2.27. The Balaban J connectivity index is 1.74. The zero-order chi connectivity index (χ0) is 19.6. The number of hydrogen-bond acceptors (Lipinski definition) is 4. The number of rotatable bonds is 7. The van der Waals surface area contributed by atoms with E-state index < -0.39 is 0 Å². The van der Waals surface area contributed by atoms with Gasteiger partial charge < -0.3 is 10.2 Å². The minimum Gasteiger partial charge on any atom is -0.366 e. The van der Waals surface area contributed by atoms with Gasteiger partial charge >= 0.3 is 0 Å². The molecule has 3 rings (SSSR count). The molecule has 0 unspecified atom stereocenters. The summed E-state index contributed by atoms with van der Waals surface area (Å²) in [6, 6.07) is 0. The first-order valence-electron chi connectivity index (χ1n) is 9.87. The van der Waals surface area contributed by atoms with Gasteiger partial charge in [-0.1, -0.05) is 38.8 Å². The lowest BCUT2D eigenvalue weighted by Crippen LogP contribution is -2.21. The molecule has 27 heavy (non-hydrogen) atoms. The second-order valence-corrected chi connectivity index (χ2v) is 8.89. The molecule has 0 radical (unpaired) electrons. The van der Waals surface area contributed by atoms with Crippen LogP contribution in [-0.2, 0) is 7.05 Å². The molecule has 2 aliphatic rings. The van der Waals surface area contributed by atoms with Gasteiger partial charge in [0.25, 0.3) is 0 Å². The molecule has 1 aliphatic carbocycles. The number of nitrogens with one attached hydrogen (secondary N) is 1. The first-order valence-corrected chi connectivity index (χ1v) is 10.7. The average molecular weight is 385 g/mol. The van der Waals surface area contributed by atoms with Crippen molar-refractivity contribution in [3.05, 3.63) is 58.0 Å². The van der Waals surface area contributed by atoms with Gasteiger partial charge in [-0.05, 0) is 55.2 Å². The number of likely N-dealkylation sites (tertiary alicyclic amines) is 1. The Kier molecular flexibility index (Phi) is 6.20. The second-order valence-electron chi connectivity index (χ2n) is 7.72. The van der Waals surface area contributed by atoms with Crippen molar-refractivity contribution >= 4 is 17.3 Å². The third kappa shape index (κ3) is 4.52. The fraction of sp³-hybridized carbons (Fsp3) is 0.500. The van der Waals surface area contributed by atoms with Crippen molar-refractivity contribution in [3.63, 3.8) is 0 Å². The third-order valence-corrected chi connectivity index (χ3v) is 6.46. The summed E-state index contributed by atoms with van der Waals surface area (Å²) in [7, 11) is 1.97. The lowest BCUT2D eigenvalue weighted by atomic mass is 9.86. The van der Waals surface area contributed by atoms with Crippen LogP contribution in [0.15, 0.2) is 52.5 Å². The predicted molar refractivity (Wildman–Crippen MR) is 117 cm³/mol. The van der Waals surface area contributed by atoms with Crippen LogP contribution >= 0.6 is 11.8 Å². The molecule has 1 atom stereocenters. The van der Waals surface area contributed by atoms with Crippen LogP contribution in [0.4, 0.5) is 0 Å². The smallest absolute Gasteiger partial charge is 0.0714 e. The number of allylic oxidation sites excluding steroid dienone is 3. The van der Waals surface area contributed by atoms with Crippen LogP contribution in [0.3, 0.4) is 0 Å². The van der Waals surface area contributed by atoms with Crippen LogP contribution < -0.4 is 5.32 Å². The van der Waals surface area contributed by atoms with Crippen molar-refractivity contribution in [1.29, 1.82) is 0 Å². The Hall–Kier alpha value is -1.88. The van der Waals surface area contributed by atoms with Crippen LogP contribution in [0.25, 0.3) is 5.57 Å². The average Bonchev–Trinajstić information content (AvgIpc) is 3.25. The molecule has 1 aromatic rings. The maximum atomic E-state index is 4.35. The molecule has 2 heterocycles. The molecule has 0 spiro atoms. The standard InChI is InChI=1S/C22H32N4S/c1-7-19-8-9-21(20-12-23-25(6)14-20)16(3)22(19)24-17(4)27-18(5)26-11-10-15(2)13-26/h12,14-15,24H,4-5,7-11,13H2,1-3,6H3/t15-/m1/s1. The van der Waals surface area contributed by atoms with Crippen molar-refractivity contribution in [2.45, 2.75) is 46.5 Å².